The fourth-order valence-electron chi connectivity index (χ4n) is 8.89. The molecule has 0 amide bonds. The third-order valence-electron chi connectivity index (χ3n) is 11.4. The number of nitrogens with zero attached hydrogens (tertiary/aromatic N) is 2. The highest BCUT2D eigenvalue weighted by molar-refractivity contribution is 7.26. The molecule has 0 radical (unpaired) electrons. The van der Waals surface area contributed by atoms with Crippen LogP contribution in [0.5, 0.6) is 0 Å². The second kappa shape index (κ2) is 11.8. The van der Waals surface area contributed by atoms with E-state index in [0.717, 1.165) is 38.2 Å². The Morgan fingerprint density at radius 1 is 0.463 bits per heavy atom. The van der Waals surface area contributed by atoms with E-state index in [-0.39, 0.29) is 5.41 Å². The first-order valence-corrected chi connectivity index (χ1v) is 19.4. The minimum atomic E-state index is -0.182. The zero-order chi connectivity index (χ0) is 36.0. The largest absolute Gasteiger partial charge is 0.226 e. The quantitative estimate of drug-likeness (QED) is 0.182. The van der Waals surface area contributed by atoms with Gasteiger partial charge in [-0.15, -0.1) is 11.3 Å². The summed E-state index contributed by atoms with van der Waals surface area (Å²) in [6, 6.07) is 61.6. The summed E-state index contributed by atoms with van der Waals surface area (Å²) < 4.78 is 2.33. The molecule has 2 nitrogen and oxygen atoms in total. The molecule has 1 aliphatic rings. The summed E-state index contributed by atoms with van der Waals surface area (Å²) in [6.45, 7) is 4.75. The molecule has 0 atom stereocenters. The molecule has 0 fully saturated rings. The van der Waals surface area contributed by atoms with E-state index in [1.807, 2.05) is 0 Å². The highest BCUT2D eigenvalue weighted by Gasteiger charge is 2.38. The molecule has 3 heteroatoms. The predicted octanol–water partition coefficient (Wildman–Crippen LogP) is 14.1. The van der Waals surface area contributed by atoms with E-state index >= 15 is 0 Å². The molecular formula is C51H34N2S. The Hall–Kier alpha value is -6.42. The first-order valence-electron chi connectivity index (χ1n) is 18.6. The monoisotopic (exact) mass is 706 g/mol. The number of benzene rings is 8. The van der Waals surface area contributed by atoms with Gasteiger partial charge in [-0.05, 0) is 90.3 Å². The van der Waals surface area contributed by atoms with Gasteiger partial charge in [0.2, 0.25) is 0 Å². The van der Waals surface area contributed by atoms with Gasteiger partial charge < -0.3 is 0 Å². The molecule has 0 N–H and O–H groups in total. The molecule has 8 aromatic carbocycles. The van der Waals surface area contributed by atoms with Crippen LogP contribution in [0.3, 0.4) is 0 Å². The van der Waals surface area contributed by atoms with Crippen molar-refractivity contribution in [1.29, 1.82) is 0 Å². The van der Waals surface area contributed by atoms with Crippen molar-refractivity contribution in [2.75, 3.05) is 0 Å². The van der Waals surface area contributed by atoms with Crippen LogP contribution in [0.1, 0.15) is 25.0 Å². The van der Waals surface area contributed by atoms with E-state index in [2.05, 4.69) is 184 Å². The summed E-state index contributed by atoms with van der Waals surface area (Å²) in [4.78, 5) is 11.1. The molecule has 1 aliphatic carbocycles. The van der Waals surface area contributed by atoms with E-state index in [1.54, 1.807) is 11.3 Å². The highest BCUT2D eigenvalue weighted by atomic mass is 32.1. The molecule has 0 unspecified atom stereocenters. The van der Waals surface area contributed by atoms with Crippen molar-refractivity contribution in [3.8, 4) is 56.0 Å². The van der Waals surface area contributed by atoms with E-state index in [4.69, 9.17) is 9.97 Å². The summed E-state index contributed by atoms with van der Waals surface area (Å²) in [7, 11) is 0. The van der Waals surface area contributed by atoms with E-state index in [0.29, 0.717) is 0 Å². The zero-order valence-electron chi connectivity index (χ0n) is 30.0. The van der Waals surface area contributed by atoms with Crippen LogP contribution in [0.25, 0.3) is 97.9 Å². The summed E-state index contributed by atoms with van der Waals surface area (Å²) in [5, 5.41) is 6.01. The van der Waals surface area contributed by atoms with Crippen LogP contribution in [-0.4, -0.2) is 9.97 Å². The average Bonchev–Trinajstić information content (AvgIpc) is 3.72. The molecule has 2 aromatic heterocycles. The predicted molar refractivity (Wildman–Crippen MR) is 229 cm³/mol. The van der Waals surface area contributed by atoms with Crippen LogP contribution < -0.4 is 0 Å². The number of hydrogen-bond donors (Lipinski definition) is 0. The Kier molecular flexibility index (Phi) is 6.80. The third-order valence-corrected chi connectivity index (χ3v) is 12.6. The van der Waals surface area contributed by atoms with Gasteiger partial charge in [0.25, 0.3) is 0 Å². The normalized spacial score (nSPS) is 13.1. The van der Waals surface area contributed by atoms with Crippen LogP contribution in [0.2, 0.25) is 0 Å². The third kappa shape index (κ3) is 4.65. The average molecular weight is 707 g/mol. The lowest BCUT2D eigenvalue weighted by Crippen LogP contribution is -2.16. The molecular weight excluding hydrogens is 673 g/mol. The molecule has 0 saturated heterocycles. The maximum atomic E-state index is 5.58. The minimum absolute atomic E-state index is 0.182. The Balaban J connectivity index is 1.20. The lowest BCUT2D eigenvalue weighted by atomic mass is 9.78. The summed E-state index contributed by atoms with van der Waals surface area (Å²) >= 11 is 1.78. The van der Waals surface area contributed by atoms with Crippen molar-refractivity contribution < 1.29 is 0 Å². The lowest BCUT2D eigenvalue weighted by Gasteiger charge is -2.25. The Morgan fingerprint density at radius 3 is 1.93 bits per heavy atom. The van der Waals surface area contributed by atoms with Gasteiger partial charge in [-0.1, -0.05) is 159 Å². The number of aromatic nitrogens is 2. The van der Waals surface area contributed by atoms with Crippen molar-refractivity contribution in [2.24, 2.45) is 0 Å². The maximum absolute atomic E-state index is 5.58. The van der Waals surface area contributed by atoms with E-state index < -0.39 is 0 Å². The zero-order valence-corrected chi connectivity index (χ0v) is 30.8. The first kappa shape index (κ1) is 31.1. The van der Waals surface area contributed by atoms with Crippen LogP contribution in [0.4, 0.5) is 0 Å². The van der Waals surface area contributed by atoms with Crippen molar-refractivity contribution in [1.82, 2.24) is 9.97 Å². The Morgan fingerprint density at radius 2 is 1.11 bits per heavy atom. The highest BCUT2D eigenvalue weighted by Crippen LogP contribution is 2.55. The topological polar surface area (TPSA) is 25.8 Å². The Bertz CT molecular complexity index is 3120. The van der Waals surface area contributed by atoms with Gasteiger partial charge in [0.15, 0.2) is 5.82 Å². The van der Waals surface area contributed by atoms with Crippen molar-refractivity contribution in [2.45, 2.75) is 19.3 Å². The van der Waals surface area contributed by atoms with Gasteiger partial charge in [0.05, 0.1) is 15.9 Å². The summed E-state index contributed by atoms with van der Waals surface area (Å²) in [5.41, 5.74) is 14.1. The van der Waals surface area contributed by atoms with Crippen molar-refractivity contribution in [3.63, 3.8) is 0 Å². The van der Waals surface area contributed by atoms with Gasteiger partial charge in [-0.2, -0.15) is 0 Å². The van der Waals surface area contributed by atoms with Gasteiger partial charge >= 0.3 is 0 Å². The second-order valence-electron chi connectivity index (χ2n) is 14.9. The van der Waals surface area contributed by atoms with Crippen LogP contribution >= 0.6 is 11.3 Å². The fraction of sp³-hybridized carbons (Fsp3) is 0.0588. The van der Waals surface area contributed by atoms with Gasteiger partial charge in [-0.25, -0.2) is 9.97 Å². The minimum Gasteiger partial charge on any atom is -0.226 e. The molecule has 254 valence electrons. The molecule has 11 rings (SSSR count). The summed E-state index contributed by atoms with van der Waals surface area (Å²) in [6.07, 6.45) is 0. The second-order valence-corrected chi connectivity index (χ2v) is 16.0. The molecule has 54 heavy (non-hydrogen) atoms. The molecule has 0 saturated carbocycles. The van der Waals surface area contributed by atoms with Crippen LogP contribution in [-0.2, 0) is 5.41 Å². The molecule has 0 bridgehead atoms. The van der Waals surface area contributed by atoms with Crippen LogP contribution in [0, 0.1) is 0 Å². The standard InChI is InChI=1S/C51H34N2S/c1-51(2)43-22-11-9-18-38(43)41-30-42(39-21-13-20-37(45(39)46(41)51)32-16-7-4-8-17-32)50-52-47(49-48(53-50)40-19-10-12-23-44(40)54-49)36-27-26-34-28-33(24-25-35(34)29-36)31-14-5-3-6-15-31/h3-30H,1-2H3. The molecule has 2 heterocycles. The smallest absolute Gasteiger partial charge is 0.161 e. The van der Waals surface area contributed by atoms with Gasteiger partial charge in [0, 0.05) is 26.6 Å². The number of rotatable bonds is 4. The van der Waals surface area contributed by atoms with Crippen LogP contribution in [0.15, 0.2) is 170 Å². The van der Waals surface area contributed by atoms with Crippen molar-refractivity contribution >= 4 is 53.2 Å². The number of thiophene rings is 1. The molecule has 10 aromatic rings. The van der Waals surface area contributed by atoms with E-state index in [1.165, 1.54) is 70.8 Å². The lowest BCUT2D eigenvalue weighted by molar-refractivity contribution is 0.666. The summed E-state index contributed by atoms with van der Waals surface area (Å²) in [5.74, 6) is 0.751. The fourth-order valence-corrected chi connectivity index (χ4v) is 10.0. The van der Waals surface area contributed by atoms with Gasteiger partial charge in [0.1, 0.15) is 0 Å². The first-order chi connectivity index (χ1) is 26.5. The van der Waals surface area contributed by atoms with Crippen molar-refractivity contribution in [3.05, 3.63) is 181 Å². The molecule has 0 spiro atoms. The van der Waals surface area contributed by atoms with E-state index in [9.17, 15) is 0 Å². The maximum Gasteiger partial charge on any atom is 0.161 e. The molecule has 0 aliphatic heterocycles. The number of hydrogen-bond acceptors (Lipinski definition) is 3. The Labute approximate surface area is 318 Å². The number of fused-ring (bicyclic) bond motifs is 9. The van der Waals surface area contributed by atoms with Gasteiger partial charge in [-0.3, -0.25) is 0 Å². The SMILES string of the molecule is CC1(C)c2ccccc2-c2cc(-c3nc(-c4ccc5cc(-c6ccccc6)ccc5c4)c4sc5ccccc5c4n3)c3cccc(-c4ccccc4)c3c21.